The number of nitrogens with two attached hydrogens (primary N) is 1. The van der Waals surface area contributed by atoms with Gasteiger partial charge in [-0.3, -0.25) is 14.5 Å². The van der Waals surface area contributed by atoms with E-state index in [1.807, 2.05) is 36.4 Å². The van der Waals surface area contributed by atoms with Gasteiger partial charge in [0.15, 0.2) is 0 Å². The molecule has 2 heterocycles. The zero-order valence-corrected chi connectivity index (χ0v) is 20.0. The number of hydrogen-bond donors (Lipinski definition) is 3. The van der Waals surface area contributed by atoms with Gasteiger partial charge in [-0.2, -0.15) is 10.4 Å². The Hall–Kier alpha value is -2.53. The molecule has 0 bridgehead atoms. The van der Waals surface area contributed by atoms with Crippen LogP contribution in [-0.4, -0.2) is 61.0 Å². The number of carbonyl (C=O) groups excluding carboxylic acids is 1. The number of benzene rings is 2. The average Bonchev–Trinajstić information content (AvgIpc) is 2.91. The molecule has 3 unspecified atom stereocenters. The number of fused-ring (bicyclic) bond motifs is 1. The van der Waals surface area contributed by atoms with Crippen LogP contribution in [0.1, 0.15) is 54.1 Å². The lowest BCUT2D eigenvalue weighted by molar-refractivity contribution is -0.470. The van der Waals surface area contributed by atoms with Crippen LogP contribution in [0.5, 0.6) is 0 Å². The molecule has 3 fully saturated rings. The summed E-state index contributed by atoms with van der Waals surface area (Å²) in [7, 11) is 0. The summed E-state index contributed by atoms with van der Waals surface area (Å²) in [6.45, 7) is 4.30. The van der Waals surface area contributed by atoms with Gasteiger partial charge in [0.1, 0.15) is 0 Å². The van der Waals surface area contributed by atoms with E-state index in [-0.39, 0.29) is 24.1 Å². The second-order valence-corrected chi connectivity index (χ2v) is 9.45. The number of rotatable bonds is 7. The third-order valence-electron chi connectivity index (χ3n) is 7.08. The summed E-state index contributed by atoms with van der Waals surface area (Å²) in [4.78, 5) is 27.4. The van der Waals surface area contributed by atoms with Crippen LogP contribution in [0.2, 0.25) is 0 Å². The van der Waals surface area contributed by atoms with Crippen molar-refractivity contribution in [2.75, 3.05) is 43.9 Å². The molecule has 1 saturated carbocycles. The van der Waals surface area contributed by atoms with Crippen LogP contribution in [0.25, 0.3) is 0 Å². The molecule has 9 heteroatoms. The summed E-state index contributed by atoms with van der Waals surface area (Å²) < 4.78 is 5.50. The van der Waals surface area contributed by atoms with Gasteiger partial charge < -0.3 is 15.8 Å². The van der Waals surface area contributed by atoms with E-state index < -0.39 is 0 Å². The van der Waals surface area contributed by atoms with E-state index in [4.69, 9.17) is 20.2 Å². The first-order valence-corrected chi connectivity index (χ1v) is 12.6. The van der Waals surface area contributed by atoms with E-state index in [0.29, 0.717) is 16.9 Å². The number of carbonyl (C=O) groups is 1. The fraction of sp³-hybridized carbons (Fsp3) is 0.500. The van der Waals surface area contributed by atoms with Crippen molar-refractivity contribution in [3.63, 3.8) is 0 Å². The topological polar surface area (TPSA) is 101 Å². The lowest BCUT2D eigenvalue weighted by atomic mass is 9.93. The summed E-state index contributed by atoms with van der Waals surface area (Å²) in [6, 6.07) is 15.0. The van der Waals surface area contributed by atoms with Crippen molar-refractivity contribution < 1.29 is 19.3 Å². The molecule has 9 nitrogen and oxygen atoms in total. The highest BCUT2D eigenvalue weighted by molar-refractivity contribution is 6.05. The van der Waals surface area contributed by atoms with Gasteiger partial charge in [-0.15, -0.1) is 0 Å². The normalized spacial score (nSPS) is 24.5. The minimum atomic E-state index is -0.198. The summed E-state index contributed by atoms with van der Waals surface area (Å²) in [5, 5.41) is 4.52. The maximum atomic E-state index is 12.8. The third-order valence-corrected chi connectivity index (χ3v) is 7.08. The molecule has 0 aromatic heterocycles. The van der Waals surface area contributed by atoms with Crippen molar-refractivity contribution in [2.24, 2.45) is 0 Å². The largest absolute Gasteiger partial charge is 0.397 e. The molecule has 3 atom stereocenters. The third kappa shape index (κ3) is 6.00. The Morgan fingerprint density at radius 1 is 1.09 bits per heavy atom. The van der Waals surface area contributed by atoms with E-state index in [9.17, 15) is 4.79 Å². The minimum Gasteiger partial charge on any atom is -0.397 e. The van der Waals surface area contributed by atoms with E-state index in [1.165, 1.54) is 12.8 Å². The number of nitrogen functional groups attached to an aromatic ring is 1. The standard InChI is InChI=1S/C26H35N5O4/c27-21-5-1-2-6-22(21)28-26(32)20-11-9-19(10-12-20)24(13-14-30-15-17-33-18-16-30)31-34-25-8-4-3-7-23(25)29-35-31/h1-2,5-6,9-12,23-25,29H,3-4,7-8,13-18,27H2,(H,28,32). The van der Waals surface area contributed by atoms with Gasteiger partial charge in [-0.1, -0.05) is 37.1 Å². The Labute approximate surface area is 206 Å². The van der Waals surface area contributed by atoms with Crippen molar-refractivity contribution in [2.45, 2.75) is 50.3 Å². The average molecular weight is 482 g/mol. The molecule has 35 heavy (non-hydrogen) atoms. The monoisotopic (exact) mass is 481 g/mol. The van der Waals surface area contributed by atoms with Gasteiger partial charge in [-0.25, -0.2) is 0 Å². The number of hydroxylamine groups is 3. The molecule has 1 amide bonds. The highest BCUT2D eigenvalue weighted by Gasteiger charge is 2.37. The van der Waals surface area contributed by atoms with E-state index in [1.54, 1.807) is 17.4 Å². The van der Waals surface area contributed by atoms with E-state index in [2.05, 4.69) is 15.7 Å². The first-order valence-electron chi connectivity index (χ1n) is 12.6. The molecule has 2 aromatic carbocycles. The fourth-order valence-electron chi connectivity index (χ4n) is 4.95. The van der Waals surface area contributed by atoms with Crippen LogP contribution in [0.3, 0.4) is 0 Å². The van der Waals surface area contributed by atoms with Gasteiger partial charge in [0.25, 0.3) is 5.91 Å². The molecular weight excluding hydrogens is 446 g/mol. The summed E-state index contributed by atoms with van der Waals surface area (Å²) in [5.74, 6) is -0.198. The number of anilines is 2. The predicted molar refractivity (Wildman–Crippen MR) is 133 cm³/mol. The summed E-state index contributed by atoms with van der Waals surface area (Å²) >= 11 is 0. The number of para-hydroxylation sites is 2. The van der Waals surface area contributed by atoms with Crippen molar-refractivity contribution >= 4 is 17.3 Å². The quantitative estimate of drug-likeness (QED) is 0.518. The Balaban J connectivity index is 1.29. The zero-order chi connectivity index (χ0) is 24.0. The molecule has 5 rings (SSSR count). The van der Waals surface area contributed by atoms with Gasteiger partial charge in [0.05, 0.1) is 42.8 Å². The minimum absolute atomic E-state index is 0.116. The second kappa shape index (κ2) is 11.5. The highest BCUT2D eigenvalue weighted by atomic mass is 17.0. The van der Waals surface area contributed by atoms with Crippen molar-refractivity contribution in [3.05, 3.63) is 59.7 Å². The first kappa shape index (κ1) is 24.2. The number of morpholine rings is 1. The van der Waals surface area contributed by atoms with Gasteiger partial charge in [-0.05, 0) is 54.3 Å². The molecule has 4 N–H and O–H groups in total. The van der Waals surface area contributed by atoms with Crippen LogP contribution in [0, 0.1) is 0 Å². The van der Waals surface area contributed by atoms with Crippen molar-refractivity contribution in [1.82, 2.24) is 15.6 Å². The second-order valence-electron chi connectivity index (χ2n) is 9.45. The maximum absolute atomic E-state index is 12.8. The fourth-order valence-corrected chi connectivity index (χ4v) is 4.95. The van der Waals surface area contributed by atoms with Gasteiger partial charge in [0, 0.05) is 25.2 Å². The Morgan fingerprint density at radius 3 is 2.66 bits per heavy atom. The van der Waals surface area contributed by atoms with Crippen LogP contribution in [0.15, 0.2) is 48.5 Å². The van der Waals surface area contributed by atoms with E-state index in [0.717, 1.165) is 57.7 Å². The number of nitrogens with one attached hydrogen (secondary N) is 2. The molecule has 2 aliphatic heterocycles. The summed E-state index contributed by atoms with van der Waals surface area (Å²) in [6.07, 6.45) is 5.39. The predicted octanol–water partition coefficient (Wildman–Crippen LogP) is 3.28. The first-order chi connectivity index (χ1) is 17.2. The number of hydrogen-bond acceptors (Lipinski definition) is 8. The highest BCUT2D eigenvalue weighted by Crippen LogP contribution is 2.32. The molecule has 2 aromatic rings. The Bertz CT molecular complexity index is 982. The zero-order valence-electron chi connectivity index (χ0n) is 20.0. The van der Waals surface area contributed by atoms with Crippen molar-refractivity contribution in [1.29, 1.82) is 0 Å². The summed E-state index contributed by atoms with van der Waals surface area (Å²) in [5.41, 5.74) is 11.9. The Morgan fingerprint density at radius 2 is 1.86 bits per heavy atom. The molecule has 2 saturated heterocycles. The van der Waals surface area contributed by atoms with Crippen LogP contribution in [-0.2, 0) is 14.5 Å². The molecule has 0 spiro atoms. The number of nitrogens with zero attached hydrogens (tertiary/aromatic N) is 2. The SMILES string of the molecule is Nc1ccccc1NC(=O)c1ccc(C(CCN2CCOCC2)N2ONC3CCCCC3O2)cc1. The lowest BCUT2D eigenvalue weighted by Crippen LogP contribution is -2.55. The van der Waals surface area contributed by atoms with E-state index >= 15 is 0 Å². The molecule has 3 aliphatic rings. The van der Waals surface area contributed by atoms with Gasteiger partial charge in [0.2, 0.25) is 0 Å². The molecule has 1 aliphatic carbocycles. The van der Waals surface area contributed by atoms with Gasteiger partial charge >= 0.3 is 0 Å². The van der Waals surface area contributed by atoms with Crippen LogP contribution >= 0.6 is 0 Å². The smallest absolute Gasteiger partial charge is 0.255 e. The molecule has 188 valence electrons. The van der Waals surface area contributed by atoms with Crippen molar-refractivity contribution in [3.8, 4) is 0 Å². The number of ether oxygens (including phenoxy) is 1. The number of amides is 1. The Kier molecular flexibility index (Phi) is 7.92. The van der Waals surface area contributed by atoms with Crippen LogP contribution in [0.4, 0.5) is 11.4 Å². The molecular formula is C26H35N5O4. The van der Waals surface area contributed by atoms with Crippen LogP contribution < -0.4 is 16.5 Å². The maximum Gasteiger partial charge on any atom is 0.255 e. The lowest BCUT2D eigenvalue weighted by Gasteiger charge is -2.43. The molecule has 0 radical (unpaired) electrons.